The lowest BCUT2D eigenvalue weighted by Gasteiger charge is -2.09. The molecule has 1 aromatic heterocycles. The molecule has 0 radical (unpaired) electrons. The standard InChI is InChI=1S/C13H12F3N3OS/c14-13(15,16)8-3-4-10(9(17)5-8)21-6-11-18-12(19-20-11)7-1-2-7/h3-5,7H,1-2,6,17H2. The SMILES string of the molecule is Nc1cc(C(F)(F)F)ccc1SCc1nc(C2CC2)no1. The molecule has 1 aliphatic carbocycles. The quantitative estimate of drug-likeness (QED) is 0.686. The third-order valence-electron chi connectivity index (χ3n) is 3.11. The number of nitrogens with two attached hydrogens (primary N) is 1. The molecule has 3 rings (SSSR count). The maximum atomic E-state index is 12.5. The van der Waals surface area contributed by atoms with Gasteiger partial charge in [0.1, 0.15) is 0 Å². The summed E-state index contributed by atoms with van der Waals surface area (Å²) in [6.07, 6.45) is -2.22. The van der Waals surface area contributed by atoms with Crippen LogP contribution in [0.2, 0.25) is 0 Å². The van der Waals surface area contributed by atoms with Crippen LogP contribution in [0.5, 0.6) is 0 Å². The van der Waals surface area contributed by atoms with E-state index in [1.54, 1.807) is 0 Å². The molecule has 2 aromatic rings. The molecule has 1 fully saturated rings. The number of hydrogen-bond acceptors (Lipinski definition) is 5. The lowest BCUT2D eigenvalue weighted by atomic mass is 10.2. The molecule has 1 saturated carbocycles. The van der Waals surface area contributed by atoms with E-state index in [2.05, 4.69) is 10.1 Å². The number of nitrogens with zero attached hydrogens (tertiary/aromatic N) is 2. The van der Waals surface area contributed by atoms with Crippen LogP contribution in [0.25, 0.3) is 0 Å². The van der Waals surface area contributed by atoms with Crippen molar-refractivity contribution >= 4 is 17.4 Å². The predicted octanol–water partition coefficient (Wildman–Crippen LogP) is 3.84. The van der Waals surface area contributed by atoms with E-state index < -0.39 is 11.7 Å². The molecule has 21 heavy (non-hydrogen) atoms. The van der Waals surface area contributed by atoms with Gasteiger partial charge in [-0.15, -0.1) is 11.8 Å². The Labute approximate surface area is 122 Å². The van der Waals surface area contributed by atoms with Crippen molar-refractivity contribution in [1.82, 2.24) is 10.1 Å². The Bertz CT molecular complexity index is 652. The van der Waals surface area contributed by atoms with Crippen LogP contribution in [0.1, 0.15) is 36.0 Å². The first-order valence-corrected chi connectivity index (χ1v) is 7.34. The Hall–Kier alpha value is -1.70. The molecule has 0 amide bonds. The van der Waals surface area contributed by atoms with Crippen LogP contribution < -0.4 is 5.73 Å². The number of anilines is 1. The molecule has 112 valence electrons. The molecule has 0 saturated heterocycles. The minimum absolute atomic E-state index is 0.0942. The fourth-order valence-corrected chi connectivity index (χ4v) is 2.62. The second kappa shape index (κ2) is 5.25. The van der Waals surface area contributed by atoms with Crippen molar-refractivity contribution in [2.75, 3.05) is 5.73 Å². The number of rotatable bonds is 4. The molecule has 0 atom stereocenters. The minimum Gasteiger partial charge on any atom is -0.398 e. The average Bonchev–Trinajstić information content (AvgIpc) is 3.16. The van der Waals surface area contributed by atoms with Gasteiger partial charge in [0.05, 0.1) is 11.3 Å². The van der Waals surface area contributed by atoms with E-state index in [4.69, 9.17) is 10.3 Å². The Morgan fingerprint density at radius 1 is 1.33 bits per heavy atom. The van der Waals surface area contributed by atoms with E-state index in [-0.39, 0.29) is 5.69 Å². The maximum absolute atomic E-state index is 12.5. The topological polar surface area (TPSA) is 64.9 Å². The number of benzene rings is 1. The molecule has 1 heterocycles. The smallest absolute Gasteiger partial charge is 0.398 e. The molecule has 0 aliphatic heterocycles. The van der Waals surface area contributed by atoms with Crippen molar-refractivity contribution in [2.45, 2.75) is 35.6 Å². The summed E-state index contributed by atoms with van der Waals surface area (Å²) in [5.41, 5.74) is 5.00. The number of aromatic nitrogens is 2. The van der Waals surface area contributed by atoms with Gasteiger partial charge in [0, 0.05) is 16.5 Å². The highest BCUT2D eigenvalue weighted by molar-refractivity contribution is 7.98. The maximum Gasteiger partial charge on any atom is 0.416 e. The van der Waals surface area contributed by atoms with Crippen molar-refractivity contribution < 1.29 is 17.7 Å². The van der Waals surface area contributed by atoms with Crippen LogP contribution in [0.4, 0.5) is 18.9 Å². The van der Waals surface area contributed by atoms with Gasteiger partial charge in [-0.05, 0) is 31.0 Å². The number of nitrogen functional groups attached to an aromatic ring is 1. The highest BCUT2D eigenvalue weighted by atomic mass is 32.2. The van der Waals surface area contributed by atoms with Crippen LogP contribution in [0.15, 0.2) is 27.6 Å². The monoisotopic (exact) mass is 315 g/mol. The van der Waals surface area contributed by atoms with Crippen LogP contribution in [-0.2, 0) is 11.9 Å². The zero-order valence-electron chi connectivity index (χ0n) is 10.9. The Morgan fingerprint density at radius 2 is 2.10 bits per heavy atom. The first kappa shape index (κ1) is 14.2. The van der Waals surface area contributed by atoms with Crippen LogP contribution >= 0.6 is 11.8 Å². The van der Waals surface area contributed by atoms with E-state index in [0.717, 1.165) is 25.0 Å². The predicted molar refractivity (Wildman–Crippen MR) is 71.7 cm³/mol. The molecular formula is C13H12F3N3OS. The molecule has 0 spiro atoms. The van der Waals surface area contributed by atoms with Crippen LogP contribution in [0.3, 0.4) is 0 Å². The first-order chi connectivity index (χ1) is 9.93. The highest BCUT2D eigenvalue weighted by Gasteiger charge is 2.31. The van der Waals surface area contributed by atoms with E-state index >= 15 is 0 Å². The zero-order chi connectivity index (χ0) is 15.0. The molecule has 1 aromatic carbocycles. The van der Waals surface area contributed by atoms with E-state index in [0.29, 0.717) is 28.3 Å². The van der Waals surface area contributed by atoms with Crippen LogP contribution in [0, 0.1) is 0 Å². The number of hydrogen-bond donors (Lipinski definition) is 1. The summed E-state index contributed by atoms with van der Waals surface area (Å²) in [7, 11) is 0. The molecule has 0 unspecified atom stereocenters. The number of thioether (sulfide) groups is 1. The van der Waals surface area contributed by atoms with Gasteiger partial charge >= 0.3 is 6.18 Å². The van der Waals surface area contributed by atoms with Crippen molar-refractivity contribution in [3.63, 3.8) is 0 Å². The average molecular weight is 315 g/mol. The van der Waals surface area contributed by atoms with E-state index in [1.165, 1.54) is 17.8 Å². The third kappa shape index (κ3) is 3.31. The summed E-state index contributed by atoms with van der Waals surface area (Å²) in [5, 5.41) is 3.88. The van der Waals surface area contributed by atoms with Gasteiger partial charge in [-0.2, -0.15) is 18.2 Å². The summed E-state index contributed by atoms with van der Waals surface area (Å²) in [5.74, 6) is 1.96. The van der Waals surface area contributed by atoms with Crippen molar-refractivity contribution in [2.24, 2.45) is 0 Å². The first-order valence-electron chi connectivity index (χ1n) is 6.35. The lowest BCUT2D eigenvalue weighted by Crippen LogP contribution is -2.05. The van der Waals surface area contributed by atoms with Gasteiger partial charge in [0.2, 0.25) is 5.89 Å². The van der Waals surface area contributed by atoms with E-state index in [9.17, 15) is 13.2 Å². The van der Waals surface area contributed by atoms with Crippen molar-refractivity contribution in [3.05, 3.63) is 35.5 Å². The zero-order valence-corrected chi connectivity index (χ0v) is 11.7. The highest BCUT2D eigenvalue weighted by Crippen LogP contribution is 2.39. The molecule has 1 aliphatic rings. The number of alkyl halides is 3. The van der Waals surface area contributed by atoms with Gasteiger partial charge < -0.3 is 10.3 Å². The molecule has 2 N–H and O–H groups in total. The van der Waals surface area contributed by atoms with Gasteiger partial charge in [-0.1, -0.05) is 5.16 Å². The minimum atomic E-state index is -4.39. The molecule has 8 heteroatoms. The lowest BCUT2D eigenvalue weighted by molar-refractivity contribution is -0.137. The molecular weight excluding hydrogens is 303 g/mol. The fourth-order valence-electron chi connectivity index (χ4n) is 1.83. The number of halogens is 3. The summed E-state index contributed by atoms with van der Waals surface area (Å²) >= 11 is 1.28. The normalized spacial score (nSPS) is 15.4. The van der Waals surface area contributed by atoms with Gasteiger partial charge in [-0.3, -0.25) is 0 Å². The van der Waals surface area contributed by atoms with Gasteiger partial charge in [0.15, 0.2) is 5.82 Å². The summed E-state index contributed by atoms with van der Waals surface area (Å²) in [4.78, 5) is 4.82. The van der Waals surface area contributed by atoms with Crippen molar-refractivity contribution in [3.8, 4) is 0 Å². The van der Waals surface area contributed by atoms with Crippen LogP contribution in [-0.4, -0.2) is 10.1 Å². The second-order valence-electron chi connectivity index (χ2n) is 4.86. The van der Waals surface area contributed by atoms with Gasteiger partial charge in [0.25, 0.3) is 0 Å². The largest absolute Gasteiger partial charge is 0.416 e. The fraction of sp³-hybridized carbons (Fsp3) is 0.385. The van der Waals surface area contributed by atoms with Gasteiger partial charge in [-0.25, -0.2) is 0 Å². The molecule has 0 bridgehead atoms. The summed E-state index contributed by atoms with van der Waals surface area (Å²) in [6.45, 7) is 0. The Kier molecular flexibility index (Phi) is 3.56. The Morgan fingerprint density at radius 3 is 2.71 bits per heavy atom. The van der Waals surface area contributed by atoms with Crippen molar-refractivity contribution in [1.29, 1.82) is 0 Å². The third-order valence-corrected chi connectivity index (χ3v) is 4.19. The Balaban J connectivity index is 1.66. The molecule has 4 nitrogen and oxygen atoms in total. The second-order valence-corrected chi connectivity index (χ2v) is 5.88. The summed E-state index contributed by atoms with van der Waals surface area (Å²) in [6, 6.07) is 3.31. The van der Waals surface area contributed by atoms with E-state index in [1.807, 2.05) is 0 Å². The summed E-state index contributed by atoms with van der Waals surface area (Å²) < 4.78 is 42.7.